The highest BCUT2D eigenvalue weighted by Gasteiger charge is 2.05. The fraction of sp³-hybridized carbons (Fsp3) is 0.357. The minimum absolute atomic E-state index is 0.500. The molecule has 0 aliphatic heterocycles. The van der Waals surface area contributed by atoms with Gasteiger partial charge in [0.1, 0.15) is 0 Å². The monoisotopic (exact) mass is 1140 g/mol. The lowest BCUT2D eigenvalue weighted by molar-refractivity contribution is 0.469. The first-order valence-corrected chi connectivity index (χ1v) is 30.7. The predicted molar refractivity (Wildman–Crippen MR) is 388 cm³/mol. The Balaban J connectivity index is 0.000000334. The Labute approximate surface area is 520 Å². The molecule has 0 bridgehead atoms. The van der Waals surface area contributed by atoms with Crippen LogP contribution >= 0.6 is 0 Å². The Morgan fingerprint density at radius 2 is 0.576 bits per heavy atom. The van der Waals surface area contributed by atoms with Gasteiger partial charge in [-0.1, -0.05) is 230 Å². The van der Waals surface area contributed by atoms with Crippen LogP contribution in [-0.4, -0.2) is 26.0 Å². The molecule has 0 aliphatic carbocycles. The largest absolute Gasteiger partial charge is 0.312 e. The summed E-state index contributed by atoms with van der Waals surface area (Å²) in [5.74, 6) is 0. The van der Waals surface area contributed by atoms with Crippen LogP contribution in [0.1, 0.15) is 156 Å². The van der Waals surface area contributed by atoms with E-state index in [4.69, 9.17) is 0 Å². The van der Waals surface area contributed by atoms with Crippen LogP contribution in [0, 0.1) is 130 Å². The van der Waals surface area contributed by atoms with Crippen LogP contribution in [0.5, 0.6) is 0 Å². The van der Waals surface area contributed by atoms with Gasteiger partial charge in [-0.3, -0.25) is 0 Å². The fourth-order valence-electron chi connectivity index (χ4n) is 9.36. The Kier molecular flexibility index (Phi) is 30.8. The van der Waals surface area contributed by atoms with Crippen molar-refractivity contribution < 1.29 is 0 Å². The lowest BCUT2D eigenvalue weighted by Crippen LogP contribution is -1.99. The van der Waals surface area contributed by atoms with Crippen molar-refractivity contribution in [1.82, 2.24) is 4.90 Å². The Morgan fingerprint density at radius 3 is 1.06 bits per heavy atom. The van der Waals surface area contributed by atoms with Gasteiger partial charge >= 0.3 is 0 Å². The van der Waals surface area contributed by atoms with Crippen LogP contribution in [0.3, 0.4) is 0 Å². The predicted octanol–water partition coefficient (Wildman–Crippen LogP) is 24.9. The Bertz CT molecular complexity index is 3640. The molecule has 85 heavy (non-hydrogen) atoms. The normalized spacial score (nSPS) is 10.3. The molecule has 0 radical (unpaired) electrons. The van der Waals surface area contributed by atoms with E-state index in [0.29, 0.717) is 5.41 Å². The molecule has 0 saturated heterocycles. The summed E-state index contributed by atoms with van der Waals surface area (Å²) in [6, 6.07) is 56.8. The van der Waals surface area contributed by atoms with Gasteiger partial charge in [-0.2, -0.15) is 0 Å². The van der Waals surface area contributed by atoms with E-state index in [1.807, 2.05) is 26.0 Å². The van der Waals surface area contributed by atoms with Gasteiger partial charge in [0.15, 0.2) is 0 Å². The quantitative estimate of drug-likeness (QED) is 0.137. The zero-order valence-corrected chi connectivity index (χ0v) is 59.0. The van der Waals surface area contributed by atoms with E-state index in [2.05, 4.69) is 338 Å². The van der Waals surface area contributed by atoms with E-state index < -0.39 is 0 Å². The summed E-state index contributed by atoms with van der Waals surface area (Å²) in [5.41, 5.74) is 28.0. The first-order chi connectivity index (χ1) is 39.5. The molecule has 0 unspecified atom stereocenters. The van der Waals surface area contributed by atoms with Gasteiger partial charge in [0.2, 0.25) is 0 Å². The maximum absolute atomic E-state index is 2.26. The molecule has 10 aromatic rings. The fourth-order valence-corrected chi connectivity index (χ4v) is 9.36. The number of hydrogen-bond acceptors (Lipinski definition) is 1. The molecular weight excluding hydrogens is 1020 g/mol. The van der Waals surface area contributed by atoms with Crippen molar-refractivity contribution in [2.24, 2.45) is 5.41 Å². The zero-order valence-electron chi connectivity index (χ0n) is 59.0. The Hall–Kier alpha value is -7.06. The average Bonchev–Trinajstić information content (AvgIpc) is 3.52. The van der Waals surface area contributed by atoms with Gasteiger partial charge in [-0.15, -0.1) is 0 Å². The van der Waals surface area contributed by atoms with Crippen molar-refractivity contribution in [1.29, 1.82) is 0 Å². The van der Waals surface area contributed by atoms with Gasteiger partial charge in [0.05, 0.1) is 0 Å². The molecule has 1 nitrogen and oxygen atoms in total. The summed E-state index contributed by atoms with van der Waals surface area (Å²) in [5, 5.41) is 11.0. The van der Waals surface area contributed by atoms with E-state index in [1.165, 1.54) is 154 Å². The molecule has 0 spiro atoms. The van der Waals surface area contributed by atoms with Crippen LogP contribution in [-0.2, 0) is 0 Å². The van der Waals surface area contributed by atoms with Crippen molar-refractivity contribution in [3.05, 3.63) is 269 Å². The summed E-state index contributed by atoms with van der Waals surface area (Å²) < 4.78 is 0. The molecule has 0 N–H and O–H groups in total. The minimum atomic E-state index is 0.500. The molecule has 10 aromatic carbocycles. The summed E-state index contributed by atoms with van der Waals surface area (Å²) >= 11 is 0. The summed E-state index contributed by atoms with van der Waals surface area (Å²) in [4.78, 5) is 2.00. The highest BCUT2D eigenvalue weighted by atomic mass is 15.0. The second-order valence-electron chi connectivity index (χ2n) is 26.4. The molecule has 0 fully saturated rings. The number of fused-ring (bicyclic) bond motifs is 4. The first-order valence-electron chi connectivity index (χ1n) is 30.7. The molecule has 0 atom stereocenters. The number of hydrogen-bond donors (Lipinski definition) is 0. The van der Waals surface area contributed by atoms with Crippen molar-refractivity contribution in [2.45, 2.75) is 180 Å². The molecule has 0 saturated carbocycles. The lowest BCUT2D eigenvalue weighted by atomic mass is 9.97. The number of rotatable bonds is 0. The number of aryl methyl sites for hydroxylation is 18. The lowest BCUT2D eigenvalue weighted by Gasteiger charge is -2.08. The van der Waals surface area contributed by atoms with Gasteiger partial charge < -0.3 is 4.90 Å². The first kappa shape index (κ1) is 74.0. The van der Waals surface area contributed by atoms with E-state index in [0.717, 1.165) is 0 Å². The van der Waals surface area contributed by atoms with E-state index in [-0.39, 0.29) is 0 Å². The maximum atomic E-state index is 2.26. The smallest absolute Gasteiger partial charge is 0.0140 e. The van der Waals surface area contributed by atoms with Gasteiger partial charge in [0.25, 0.3) is 0 Å². The number of allylic oxidation sites excluding steroid dienone is 2. The van der Waals surface area contributed by atoms with Crippen molar-refractivity contribution >= 4 is 43.1 Å². The van der Waals surface area contributed by atoms with Crippen LogP contribution in [0.25, 0.3) is 43.1 Å². The maximum Gasteiger partial charge on any atom is -0.0140 e. The third-order valence-electron chi connectivity index (χ3n) is 14.9. The van der Waals surface area contributed by atoms with E-state index >= 15 is 0 Å². The highest BCUT2D eigenvalue weighted by molar-refractivity contribution is 5.91. The van der Waals surface area contributed by atoms with Crippen molar-refractivity contribution in [3.63, 3.8) is 0 Å². The summed E-state index contributed by atoms with van der Waals surface area (Å²) in [7, 11) is 6.00. The zero-order chi connectivity index (χ0) is 64.6. The van der Waals surface area contributed by atoms with E-state index in [9.17, 15) is 0 Å². The van der Waals surface area contributed by atoms with Gasteiger partial charge in [-0.25, -0.2) is 0 Å². The standard InChI is InChI=1S/4C13H14.2C9H12.C6H12.C5H12.C3H9N/c1-9-4-7-13-11(3)10(2)5-6-12(13)8-9;1-9-7-11(3)12-6-4-5-10(2)13(12)8-9;1-9-7-8-12-10(2)5-4-6-13(12)11(9)3;1-9-8-10(2)12-6-4-5-7-13(12)11(9)3;1-7-4-8(2)6-9(3)5-7;1-7-4-5-8(2)9(3)6-7;1-5(2)6(3)4;1-5(2,3)4;1-4(2)3/h4*4-8H,1-3H3;2*4-6H,1-3H3;1-4H3;1-4H3;1-3H3. The van der Waals surface area contributed by atoms with Crippen LogP contribution in [0.2, 0.25) is 0 Å². The SMILES string of the molecule is CC(C)(C)C.CC(C)=C(C)C.CN(C)C.Cc1cc(C)c2cccc(C)c2c1.Cc1cc(C)c2ccccc2c1C.Cc1cc(C)cc(C)c1.Cc1ccc(C)c(C)c1.Cc1ccc2c(C)c(C)ccc2c1.Cc1ccc2c(C)cccc2c1C. The number of benzene rings is 10. The van der Waals surface area contributed by atoms with Gasteiger partial charge in [-0.05, 0) is 289 Å². The summed E-state index contributed by atoms with van der Waals surface area (Å²) in [6.45, 7) is 56.0. The Morgan fingerprint density at radius 1 is 0.247 bits per heavy atom. The second kappa shape index (κ2) is 35.4. The molecule has 0 aromatic heterocycles. The molecule has 0 amide bonds. The third-order valence-corrected chi connectivity index (χ3v) is 14.9. The van der Waals surface area contributed by atoms with Crippen LogP contribution in [0.15, 0.2) is 169 Å². The van der Waals surface area contributed by atoms with Gasteiger partial charge in [0, 0.05) is 0 Å². The topological polar surface area (TPSA) is 3.24 Å². The number of nitrogens with zero attached hydrogens (tertiary/aromatic N) is 1. The third kappa shape index (κ3) is 26.4. The van der Waals surface area contributed by atoms with Crippen molar-refractivity contribution in [3.8, 4) is 0 Å². The molecule has 1 heteroatoms. The summed E-state index contributed by atoms with van der Waals surface area (Å²) in [6.07, 6.45) is 0. The average molecular weight is 1140 g/mol. The minimum Gasteiger partial charge on any atom is -0.312 e. The molecular formula is C84H113N. The molecule has 0 aliphatic rings. The highest BCUT2D eigenvalue weighted by Crippen LogP contribution is 2.27. The van der Waals surface area contributed by atoms with Crippen LogP contribution < -0.4 is 0 Å². The second-order valence-corrected chi connectivity index (χ2v) is 26.4. The van der Waals surface area contributed by atoms with E-state index in [1.54, 1.807) is 0 Å². The van der Waals surface area contributed by atoms with Crippen LogP contribution in [0.4, 0.5) is 0 Å². The molecule has 10 rings (SSSR count). The molecule has 0 heterocycles. The molecule has 454 valence electrons. The van der Waals surface area contributed by atoms with Crippen molar-refractivity contribution in [2.75, 3.05) is 21.1 Å².